The van der Waals surface area contributed by atoms with E-state index in [0.29, 0.717) is 35.3 Å². The molecule has 0 spiro atoms. The van der Waals surface area contributed by atoms with E-state index in [9.17, 15) is 8.42 Å². The third kappa shape index (κ3) is 5.50. The quantitative estimate of drug-likeness (QED) is 0.406. The van der Waals surface area contributed by atoms with Crippen LogP contribution in [0.25, 0.3) is 22.6 Å². The number of nitrogens with one attached hydrogen (secondary N) is 1. The maximum absolute atomic E-state index is 11.7. The number of hydrogen-bond donors (Lipinski definition) is 1. The molecule has 0 aliphatic rings. The van der Waals surface area contributed by atoms with Crippen molar-refractivity contribution in [2.75, 3.05) is 20.0 Å². The summed E-state index contributed by atoms with van der Waals surface area (Å²) in [5.41, 5.74) is 3.25. The zero-order valence-electron chi connectivity index (χ0n) is 18.8. The average molecular weight is 468 g/mol. The molecule has 8 nitrogen and oxygen atoms in total. The van der Waals surface area contributed by atoms with E-state index in [0.717, 1.165) is 16.6 Å². The molecule has 0 saturated carbocycles. The highest BCUT2D eigenvalue weighted by molar-refractivity contribution is 7.90. The maximum Gasteiger partial charge on any atom is 0.178 e. The van der Waals surface area contributed by atoms with Crippen molar-refractivity contribution in [2.24, 2.45) is 0 Å². The standard InChI is InChI=1S/C24H25N3O5S/c1-15-9-22-24(25-13-15)27-23(26-22)17-10-19(31-16(2)14-30-3)12-20(11-17)32-18-5-7-21(8-6-18)33(4,28)29/h5-13,16H,14H2,1-4H3,(H,25,26,27)/t16-/m0/s1. The van der Waals surface area contributed by atoms with Gasteiger partial charge in [0.25, 0.3) is 0 Å². The largest absolute Gasteiger partial charge is 0.488 e. The Bertz CT molecular complexity index is 1380. The number of nitrogens with zero attached hydrogens (tertiary/aromatic N) is 2. The molecule has 0 fully saturated rings. The van der Waals surface area contributed by atoms with Crippen LogP contribution in [0.3, 0.4) is 0 Å². The third-order valence-electron chi connectivity index (χ3n) is 4.85. The highest BCUT2D eigenvalue weighted by Gasteiger charge is 2.13. The Hall–Kier alpha value is -3.43. The summed E-state index contributed by atoms with van der Waals surface area (Å²) >= 11 is 0. The summed E-state index contributed by atoms with van der Waals surface area (Å²) in [7, 11) is -1.66. The molecule has 0 amide bonds. The number of aromatic amines is 1. The summed E-state index contributed by atoms with van der Waals surface area (Å²) in [4.78, 5) is 12.5. The molecule has 2 aromatic heterocycles. The second-order valence-electron chi connectivity index (χ2n) is 7.89. The van der Waals surface area contributed by atoms with Gasteiger partial charge in [-0.1, -0.05) is 0 Å². The molecule has 1 N–H and O–H groups in total. The smallest absolute Gasteiger partial charge is 0.178 e. The minimum absolute atomic E-state index is 0.174. The molecule has 0 radical (unpaired) electrons. The van der Waals surface area contributed by atoms with Gasteiger partial charge in [0.2, 0.25) is 0 Å². The summed E-state index contributed by atoms with van der Waals surface area (Å²) in [6.45, 7) is 4.31. The van der Waals surface area contributed by atoms with E-state index in [1.165, 1.54) is 18.4 Å². The maximum atomic E-state index is 11.7. The lowest BCUT2D eigenvalue weighted by Crippen LogP contribution is -2.17. The number of aryl methyl sites for hydroxylation is 1. The molecular formula is C24H25N3O5S. The number of pyridine rings is 1. The predicted octanol–water partition coefficient (Wildman–Crippen LogP) is 4.54. The second kappa shape index (κ2) is 9.21. The number of H-pyrrole nitrogens is 1. The van der Waals surface area contributed by atoms with Crippen molar-refractivity contribution >= 4 is 21.0 Å². The van der Waals surface area contributed by atoms with Crippen LogP contribution in [0.15, 0.2) is 59.6 Å². The van der Waals surface area contributed by atoms with Crippen LogP contribution in [0.2, 0.25) is 0 Å². The van der Waals surface area contributed by atoms with Crippen molar-refractivity contribution < 1.29 is 22.6 Å². The van der Waals surface area contributed by atoms with E-state index in [1.807, 2.05) is 32.0 Å². The minimum atomic E-state index is -3.28. The van der Waals surface area contributed by atoms with Crippen molar-refractivity contribution in [1.82, 2.24) is 15.0 Å². The van der Waals surface area contributed by atoms with Crippen LogP contribution >= 0.6 is 0 Å². The van der Waals surface area contributed by atoms with Crippen LogP contribution in [0.4, 0.5) is 0 Å². The Morgan fingerprint density at radius 1 is 1.03 bits per heavy atom. The Kier molecular flexibility index (Phi) is 6.35. The van der Waals surface area contributed by atoms with E-state index >= 15 is 0 Å². The van der Waals surface area contributed by atoms with Crippen LogP contribution in [0.5, 0.6) is 17.2 Å². The molecule has 0 bridgehead atoms. The molecule has 2 aromatic carbocycles. The fourth-order valence-electron chi connectivity index (χ4n) is 3.37. The first kappa shape index (κ1) is 22.8. The van der Waals surface area contributed by atoms with E-state index in [-0.39, 0.29) is 11.0 Å². The number of sulfone groups is 1. The van der Waals surface area contributed by atoms with Gasteiger partial charge in [0.15, 0.2) is 15.5 Å². The predicted molar refractivity (Wildman–Crippen MR) is 126 cm³/mol. The van der Waals surface area contributed by atoms with Gasteiger partial charge in [0.1, 0.15) is 29.2 Å². The average Bonchev–Trinajstić information content (AvgIpc) is 3.17. The summed E-state index contributed by atoms with van der Waals surface area (Å²) in [5.74, 6) is 2.23. The van der Waals surface area contributed by atoms with Crippen molar-refractivity contribution in [3.05, 3.63) is 60.3 Å². The van der Waals surface area contributed by atoms with E-state index < -0.39 is 9.84 Å². The normalized spacial score (nSPS) is 12.6. The van der Waals surface area contributed by atoms with Gasteiger partial charge < -0.3 is 19.2 Å². The van der Waals surface area contributed by atoms with Crippen LogP contribution in [0.1, 0.15) is 12.5 Å². The third-order valence-corrected chi connectivity index (χ3v) is 5.98. The first-order valence-electron chi connectivity index (χ1n) is 10.3. The summed E-state index contributed by atoms with van der Waals surface area (Å²) in [6.07, 6.45) is 2.76. The van der Waals surface area contributed by atoms with Gasteiger partial charge in [0.05, 0.1) is 17.0 Å². The number of fused-ring (bicyclic) bond motifs is 1. The topological polar surface area (TPSA) is 103 Å². The van der Waals surface area contributed by atoms with Gasteiger partial charge in [0, 0.05) is 31.2 Å². The summed E-state index contributed by atoms with van der Waals surface area (Å²) < 4.78 is 40.6. The van der Waals surface area contributed by atoms with Crippen molar-refractivity contribution in [2.45, 2.75) is 24.8 Å². The van der Waals surface area contributed by atoms with Gasteiger partial charge in [-0.05, 0) is 61.9 Å². The first-order chi connectivity index (χ1) is 15.7. The lowest BCUT2D eigenvalue weighted by Gasteiger charge is -2.16. The molecule has 0 unspecified atom stereocenters. The number of aromatic nitrogens is 3. The number of rotatable bonds is 8. The van der Waals surface area contributed by atoms with Crippen molar-refractivity contribution in [1.29, 1.82) is 0 Å². The number of hydrogen-bond acceptors (Lipinski definition) is 7. The lowest BCUT2D eigenvalue weighted by atomic mass is 10.2. The molecule has 9 heteroatoms. The van der Waals surface area contributed by atoms with Gasteiger partial charge in [-0.2, -0.15) is 0 Å². The highest BCUT2D eigenvalue weighted by atomic mass is 32.2. The minimum Gasteiger partial charge on any atom is -0.488 e. The Morgan fingerprint density at radius 3 is 2.45 bits per heavy atom. The summed E-state index contributed by atoms with van der Waals surface area (Å²) in [6, 6.07) is 13.7. The Labute approximate surface area is 192 Å². The first-order valence-corrected chi connectivity index (χ1v) is 12.2. The zero-order valence-corrected chi connectivity index (χ0v) is 19.6. The Morgan fingerprint density at radius 2 is 1.76 bits per heavy atom. The molecule has 33 heavy (non-hydrogen) atoms. The molecule has 1 atom stereocenters. The van der Waals surface area contributed by atoms with Gasteiger partial charge in [-0.3, -0.25) is 0 Å². The lowest BCUT2D eigenvalue weighted by molar-refractivity contribution is 0.0920. The molecule has 0 aliphatic carbocycles. The fourth-order valence-corrected chi connectivity index (χ4v) is 4.00. The number of benzene rings is 2. The molecule has 0 saturated heterocycles. The van der Waals surface area contributed by atoms with E-state index in [2.05, 4.69) is 15.0 Å². The molecule has 172 valence electrons. The number of methoxy groups -OCH3 is 1. The van der Waals surface area contributed by atoms with E-state index in [1.54, 1.807) is 31.5 Å². The van der Waals surface area contributed by atoms with Crippen molar-refractivity contribution in [3.8, 4) is 28.6 Å². The molecule has 4 aromatic rings. The van der Waals surface area contributed by atoms with Crippen molar-refractivity contribution in [3.63, 3.8) is 0 Å². The van der Waals surface area contributed by atoms with Crippen LogP contribution in [-0.4, -0.2) is 49.4 Å². The molecule has 0 aliphatic heterocycles. The number of imidazole rings is 1. The van der Waals surface area contributed by atoms with Crippen LogP contribution in [0, 0.1) is 6.92 Å². The van der Waals surface area contributed by atoms with Crippen LogP contribution < -0.4 is 9.47 Å². The van der Waals surface area contributed by atoms with E-state index in [4.69, 9.17) is 14.2 Å². The summed E-state index contributed by atoms with van der Waals surface area (Å²) in [5, 5.41) is 0. The molecule has 2 heterocycles. The van der Waals surface area contributed by atoms with Gasteiger partial charge in [-0.15, -0.1) is 0 Å². The van der Waals surface area contributed by atoms with Gasteiger partial charge in [-0.25, -0.2) is 18.4 Å². The molecular weight excluding hydrogens is 442 g/mol. The van der Waals surface area contributed by atoms with Crippen LogP contribution in [-0.2, 0) is 14.6 Å². The highest BCUT2D eigenvalue weighted by Crippen LogP contribution is 2.33. The SMILES string of the molecule is COC[C@H](C)Oc1cc(Oc2ccc(S(C)(=O)=O)cc2)cc(-c2nc3ncc(C)cc3[nH]2)c1. The Balaban J connectivity index is 1.70. The molecule has 4 rings (SSSR count). The van der Waals surface area contributed by atoms with Gasteiger partial charge >= 0.3 is 0 Å². The number of ether oxygens (including phenoxy) is 3. The fraction of sp³-hybridized carbons (Fsp3) is 0.250. The zero-order chi connectivity index (χ0) is 23.6. The second-order valence-corrected chi connectivity index (χ2v) is 9.91. The monoisotopic (exact) mass is 467 g/mol.